The molecule has 0 saturated carbocycles. The maximum Gasteiger partial charge on any atom is 0.306 e. The summed E-state index contributed by atoms with van der Waals surface area (Å²) in [7, 11) is 0. The molecule has 0 amide bonds. The highest BCUT2D eigenvalue weighted by Gasteiger charge is 2.17. The molecule has 0 aliphatic rings. The predicted octanol–water partition coefficient (Wildman–Crippen LogP) is 18.2. The summed E-state index contributed by atoms with van der Waals surface area (Å²) in [5, 5.41) is 0. The molecule has 0 N–H and O–H groups in total. The Kier molecular flexibility index (Phi) is 50.8. The van der Waals surface area contributed by atoms with Crippen LogP contribution in [-0.4, -0.2) is 37.9 Å². The van der Waals surface area contributed by atoms with Crippen molar-refractivity contribution in [2.45, 2.75) is 309 Å². The highest BCUT2D eigenvalue weighted by Crippen LogP contribution is 2.16. The quantitative estimate of drug-likeness (QED) is 0.0347. The Labute approximate surface area is 375 Å². The van der Waals surface area contributed by atoms with Gasteiger partial charge in [-0.25, -0.2) is 0 Å². The number of hydrogen-bond donors (Lipinski definition) is 0. The molecule has 1 unspecified atom stereocenters. The molecule has 0 fully saturated rings. The van der Waals surface area contributed by atoms with Crippen molar-refractivity contribution in [1.29, 1.82) is 0 Å². The van der Waals surface area contributed by atoms with Gasteiger partial charge in [-0.2, -0.15) is 0 Å². The maximum atomic E-state index is 12.8. The number of unbranched alkanes of at least 4 members (excludes halogenated alkanes) is 38. The Bertz CT molecular complexity index is 871. The van der Waals surface area contributed by atoms with Crippen molar-refractivity contribution in [2.24, 2.45) is 0 Å². The van der Waals surface area contributed by atoms with Crippen molar-refractivity contribution in [1.82, 2.24) is 0 Å². The third kappa shape index (κ3) is 49.3. The van der Waals surface area contributed by atoms with E-state index in [-0.39, 0.29) is 18.5 Å². The molecule has 0 aliphatic carbocycles. The lowest BCUT2D eigenvalue weighted by atomic mass is 10.0. The van der Waals surface area contributed by atoms with Gasteiger partial charge in [0.2, 0.25) is 0 Å². The van der Waals surface area contributed by atoms with Gasteiger partial charge in [-0.15, -0.1) is 0 Å². The lowest BCUT2D eigenvalue weighted by Gasteiger charge is -2.18. The van der Waals surface area contributed by atoms with Gasteiger partial charge < -0.3 is 14.2 Å². The van der Waals surface area contributed by atoms with Gasteiger partial charge in [0.15, 0.2) is 6.10 Å². The van der Waals surface area contributed by atoms with Crippen molar-refractivity contribution in [2.75, 3.05) is 19.8 Å². The van der Waals surface area contributed by atoms with E-state index in [2.05, 4.69) is 32.9 Å². The fraction of sp³-hybridized carbons (Fsp3) is 0.927. The Hall–Kier alpha value is -1.36. The first-order valence-corrected chi connectivity index (χ1v) is 27.2. The Balaban J connectivity index is 4.19. The van der Waals surface area contributed by atoms with Crippen molar-refractivity contribution in [3.8, 4) is 0 Å². The topological polar surface area (TPSA) is 61.8 Å². The minimum absolute atomic E-state index is 0.0925. The number of carbonyl (C=O) groups is 2. The summed E-state index contributed by atoms with van der Waals surface area (Å²) in [6.07, 6.45) is 59.3. The second-order valence-electron chi connectivity index (χ2n) is 18.5. The summed E-state index contributed by atoms with van der Waals surface area (Å²) in [5.41, 5.74) is 0. The molecule has 0 rings (SSSR count). The largest absolute Gasteiger partial charge is 0.462 e. The van der Waals surface area contributed by atoms with Crippen LogP contribution in [0.25, 0.3) is 0 Å². The van der Waals surface area contributed by atoms with Crippen LogP contribution in [0.2, 0.25) is 0 Å². The summed E-state index contributed by atoms with van der Waals surface area (Å²) >= 11 is 0. The standard InChI is InChI=1S/C55H106O5/c1-4-7-10-13-16-19-22-25-27-28-30-31-33-36-39-42-45-48-54(56)59-52-53(51-58-50-47-44-41-38-35-24-21-18-15-12-9-6-3)60-55(57)49-46-43-40-37-34-32-29-26-23-20-17-14-11-8-5-2/h25,27,53H,4-24,26,28-52H2,1-3H3/b27-25-. The van der Waals surface area contributed by atoms with Gasteiger partial charge in [-0.05, 0) is 44.9 Å². The summed E-state index contributed by atoms with van der Waals surface area (Å²) in [6, 6.07) is 0. The maximum absolute atomic E-state index is 12.8. The van der Waals surface area contributed by atoms with Gasteiger partial charge >= 0.3 is 11.9 Å². The molecular formula is C55H106O5. The van der Waals surface area contributed by atoms with E-state index >= 15 is 0 Å². The molecule has 356 valence electrons. The van der Waals surface area contributed by atoms with E-state index in [0.29, 0.717) is 26.1 Å². The monoisotopic (exact) mass is 847 g/mol. The molecule has 0 aromatic carbocycles. The lowest BCUT2D eigenvalue weighted by molar-refractivity contribution is -0.163. The van der Waals surface area contributed by atoms with E-state index in [1.54, 1.807) is 0 Å². The zero-order valence-corrected chi connectivity index (χ0v) is 41.0. The molecule has 0 heterocycles. The van der Waals surface area contributed by atoms with E-state index < -0.39 is 6.10 Å². The summed E-state index contributed by atoms with van der Waals surface area (Å²) in [6.45, 7) is 7.89. The molecule has 0 aliphatic heterocycles. The van der Waals surface area contributed by atoms with Crippen molar-refractivity contribution in [3.63, 3.8) is 0 Å². The molecule has 0 spiro atoms. The average molecular weight is 847 g/mol. The summed E-state index contributed by atoms with van der Waals surface area (Å²) in [5.74, 6) is -0.379. The zero-order chi connectivity index (χ0) is 43.5. The molecule has 0 saturated heterocycles. The van der Waals surface area contributed by atoms with E-state index in [0.717, 1.165) is 32.1 Å². The normalized spacial score (nSPS) is 12.1. The minimum Gasteiger partial charge on any atom is -0.462 e. The highest BCUT2D eigenvalue weighted by molar-refractivity contribution is 5.70. The van der Waals surface area contributed by atoms with Crippen LogP contribution in [0.4, 0.5) is 0 Å². The number of hydrogen-bond acceptors (Lipinski definition) is 5. The van der Waals surface area contributed by atoms with E-state index in [1.165, 1.54) is 238 Å². The fourth-order valence-electron chi connectivity index (χ4n) is 8.21. The molecule has 5 nitrogen and oxygen atoms in total. The third-order valence-electron chi connectivity index (χ3n) is 12.3. The zero-order valence-electron chi connectivity index (χ0n) is 41.0. The molecule has 5 heteroatoms. The first-order chi connectivity index (χ1) is 29.6. The molecule has 0 radical (unpaired) electrons. The van der Waals surface area contributed by atoms with Crippen LogP contribution >= 0.6 is 0 Å². The molecule has 60 heavy (non-hydrogen) atoms. The molecule has 1 atom stereocenters. The van der Waals surface area contributed by atoms with Crippen molar-refractivity contribution >= 4 is 11.9 Å². The minimum atomic E-state index is -0.527. The summed E-state index contributed by atoms with van der Waals surface area (Å²) < 4.78 is 17.4. The highest BCUT2D eigenvalue weighted by atomic mass is 16.6. The van der Waals surface area contributed by atoms with Crippen LogP contribution in [0.1, 0.15) is 303 Å². The number of carbonyl (C=O) groups excluding carboxylic acids is 2. The Morgan fingerprint density at radius 1 is 0.350 bits per heavy atom. The smallest absolute Gasteiger partial charge is 0.306 e. The van der Waals surface area contributed by atoms with Gasteiger partial charge in [-0.3, -0.25) is 9.59 Å². The van der Waals surface area contributed by atoms with Crippen LogP contribution in [0, 0.1) is 0 Å². The van der Waals surface area contributed by atoms with Gasteiger partial charge in [0, 0.05) is 19.4 Å². The van der Waals surface area contributed by atoms with Crippen LogP contribution < -0.4 is 0 Å². The second-order valence-corrected chi connectivity index (χ2v) is 18.5. The third-order valence-corrected chi connectivity index (χ3v) is 12.3. The average Bonchev–Trinajstić information content (AvgIpc) is 3.25. The number of ether oxygens (including phenoxy) is 3. The van der Waals surface area contributed by atoms with Gasteiger partial charge in [0.1, 0.15) is 6.61 Å². The summed E-state index contributed by atoms with van der Waals surface area (Å²) in [4.78, 5) is 25.4. The van der Waals surface area contributed by atoms with Gasteiger partial charge in [0.05, 0.1) is 6.61 Å². The van der Waals surface area contributed by atoms with Crippen LogP contribution in [-0.2, 0) is 23.8 Å². The number of rotatable bonds is 51. The Morgan fingerprint density at radius 2 is 0.650 bits per heavy atom. The van der Waals surface area contributed by atoms with E-state index in [1.807, 2.05) is 0 Å². The number of allylic oxidation sites excluding steroid dienone is 2. The van der Waals surface area contributed by atoms with Crippen LogP contribution in [0.5, 0.6) is 0 Å². The van der Waals surface area contributed by atoms with Gasteiger partial charge in [0.25, 0.3) is 0 Å². The fourth-order valence-corrected chi connectivity index (χ4v) is 8.21. The van der Waals surface area contributed by atoms with Gasteiger partial charge in [-0.1, -0.05) is 258 Å². The van der Waals surface area contributed by atoms with Crippen molar-refractivity contribution in [3.05, 3.63) is 12.2 Å². The first-order valence-electron chi connectivity index (χ1n) is 27.2. The molecule has 0 aromatic rings. The van der Waals surface area contributed by atoms with E-state index in [9.17, 15) is 9.59 Å². The first kappa shape index (κ1) is 58.6. The second kappa shape index (κ2) is 52.0. The van der Waals surface area contributed by atoms with E-state index in [4.69, 9.17) is 14.2 Å². The molecule has 0 bridgehead atoms. The predicted molar refractivity (Wildman–Crippen MR) is 261 cm³/mol. The molecular weight excluding hydrogens is 741 g/mol. The number of esters is 2. The van der Waals surface area contributed by atoms with Crippen molar-refractivity contribution < 1.29 is 23.8 Å². The van der Waals surface area contributed by atoms with Crippen LogP contribution in [0.3, 0.4) is 0 Å². The molecule has 0 aromatic heterocycles. The lowest BCUT2D eigenvalue weighted by Crippen LogP contribution is -2.30. The SMILES string of the molecule is CCCCCCCC/C=C\CCCCCCCCCC(=O)OCC(COCCCCCCCCCCCCCC)OC(=O)CCCCCCCCCCCCCCCCC. The Morgan fingerprint density at radius 3 is 1.02 bits per heavy atom. The van der Waals surface area contributed by atoms with Crippen LogP contribution in [0.15, 0.2) is 12.2 Å².